The van der Waals surface area contributed by atoms with Crippen LogP contribution < -0.4 is 5.32 Å². The molecule has 154 valence electrons. The van der Waals surface area contributed by atoms with Crippen LogP contribution >= 0.6 is 38.9 Å². The summed E-state index contributed by atoms with van der Waals surface area (Å²) >= 11 is 10.4. The number of amides is 1. The Balaban J connectivity index is 2.04. The molecule has 3 rings (SSSR count). The van der Waals surface area contributed by atoms with E-state index in [1.807, 2.05) is 31.2 Å². The van der Waals surface area contributed by atoms with E-state index in [4.69, 9.17) is 16.3 Å². The van der Waals surface area contributed by atoms with Gasteiger partial charge in [-0.05, 0) is 36.8 Å². The summed E-state index contributed by atoms with van der Waals surface area (Å²) in [7, 11) is 1.26. The second-order valence-electron chi connectivity index (χ2n) is 6.11. The monoisotopic (exact) mass is 508 g/mol. The van der Waals surface area contributed by atoms with Crippen LogP contribution in [0, 0.1) is 17.0 Å². The number of nitro groups is 1. The molecule has 0 aliphatic rings. The summed E-state index contributed by atoms with van der Waals surface area (Å²) in [6.07, 6.45) is 0. The summed E-state index contributed by atoms with van der Waals surface area (Å²) in [5.41, 5.74) is 1.32. The minimum absolute atomic E-state index is 0.0400. The zero-order valence-corrected chi connectivity index (χ0v) is 18.9. The van der Waals surface area contributed by atoms with E-state index in [1.54, 1.807) is 0 Å². The van der Waals surface area contributed by atoms with Gasteiger partial charge in [0.2, 0.25) is 0 Å². The fourth-order valence-corrected chi connectivity index (χ4v) is 4.37. The maximum absolute atomic E-state index is 12.7. The largest absolute Gasteiger partial charge is 0.465 e. The molecule has 2 aromatic carbocycles. The Labute approximate surface area is 188 Å². The number of nitrogens with zero attached hydrogens (tertiary/aromatic N) is 1. The highest BCUT2D eigenvalue weighted by Gasteiger charge is 2.26. The van der Waals surface area contributed by atoms with Crippen molar-refractivity contribution in [3.05, 3.63) is 78.1 Å². The predicted molar refractivity (Wildman–Crippen MR) is 120 cm³/mol. The van der Waals surface area contributed by atoms with E-state index in [0.29, 0.717) is 10.6 Å². The molecular weight excluding hydrogens is 496 g/mol. The lowest BCUT2D eigenvalue weighted by Gasteiger charge is -2.08. The van der Waals surface area contributed by atoms with Gasteiger partial charge >= 0.3 is 5.97 Å². The van der Waals surface area contributed by atoms with Gasteiger partial charge in [0.25, 0.3) is 11.6 Å². The van der Waals surface area contributed by atoms with Crippen molar-refractivity contribution in [2.24, 2.45) is 0 Å². The molecule has 0 atom stereocenters. The molecule has 0 aliphatic heterocycles. The molecule has 1 aromatic heterocycles. The molecule has 1 N–H and O–H groups in total. The van der Waals surface area contributed by atoms with Crippen molar-refractivity contribution in [3.8, 4) is 11.1 Å². The Morgan fingerprint density at radius 2 is 1.87 bits per heavy atom. The number of carbonyl (C=O) groups is 2. The maximum Gasteiger partial charge on any atom is 0.341 e. The maximum atomic E-state index is 12.7. The highest BCUT2D eigenvalue weighted by Crippen LogP contribution is 2.41. The molecule has 0 bridgehead atoms. The van der Waals surface area contributed by atoms with Gasteiger partial charge in [-0.25, -0.2) is 4.79 Å². The van der Waals surface area contributed by atoms with Crippen LogP contribution in [-0.4, -0.2) is 23.9 Å². The lowest BCUT2D eigenvalue weighted by molar-refractivity contribution is -0.384. The van der Waals surface area contributed by atoms with Crippen molar-refractivity contribution in [2.45, 2.75) is 6.92 Å². The van der Waals surface area contributed by atoms with Crippen molar-refractivity contribution in [3.63, 3.8) is 0 Å². The average Bonchev–Trinajstić information content (AvgIpc) is 3.03. The topological polar surface area (TPSA) is 98.5 Å². The Bertz CT molecular complexity index is 1160. The number of halogens is 2. The molecule has 0 unspecified atom stereocenters. The smallest absolute Gasteiger partial charge is 0.341 e. The third-order valence-electron chi connectivity index (χ3n) is 4.24. The third kappa shape index (κ3) is 4.38. The first-order valence-corrected chi connectivity index (χ1v) is 10.4. The number of rotatable bonds is 5. The Morgan fingerprint density at radius 1 is 1.20 bits per heavy atom. The fourth-order valence-electron chi connectivity index (χ4n) is 2.86. The van der Waals surface area contributed by atoms with Crippen molar-refractivity contribution in [2.75, 3.05) is 12.4 Å². The number of anilines is 1. The molecule has 30 heavy (non-hydrogen) atoms. The van der Waals surface area contributed by atoms with Crippen LogP contribution in [0.3, 0.4) is 0 Å². The number of methoxy groups -OCH3 is 1. The minimum Gasteiger partial charge on any atom is -0.465 e. The van der Waals surface area contributed by atoms with E-state index in [9.17, 15) is 19.7 Å². The fraction of sp³-hybridized carbons (Fsp3) is 0.100. The Hall–Kier alpha value is -2.75. The van der Waals surface area contributed by atoms with Gasteiger partial charge in [0.05, 0.1) is 12.0 Å². The van der Waals surface area contributed by atoms with E-state index >= 15 is 0 Å². The second-order valence-corrected chi connectivity index (χ2v) is 8.66. The molecule has 10 heteroatoms. The predicted octanol–water partition coefficient (Wildman–Crippen LogP) is 6.09. The molecule has 0 radical (unpaired) electrons. The van der Waals surface area contributed by atoms with Crippen LogP contribution in [0.5, 0.6) is 0 Å². The molecule has 0 saturated carbocycles. The summed E-state index contributed by atoms with van der Waals surface area (Å²) in [6, 6.07) is 11.1. The second kappa shape index (κ2) is 8.95. The summed E-state index contributed by atoms with van der Waals surface area (Å²) in [4.78, 5) is 36.5. The highest BCUT2D eigenvalue weighted by molar-refractivity contribution is 9.10. The molecule has 0 aliphatic carbocycles. The molecule has 1 amide bonds. The van der Waals surface area contributed by atoms with E-state index in [-0.39, 0.29) is 21.8 Å². The summed E-state index contributed by atoms with van der Waals surface area (Å²) < 4.78 is 5.82. The van der Waals surface area contributed by atoms with Crippen molar-refractivity contribution < 1.29 is 19.2 Å². The molecular formula is C20H14BrClN2O5S. The summed E-state index contributed by atoms with van der Waals surface area (Å²) in [6.45, 7) is 1.83. The van der Waals surface area contributed by atoms with Crippen LogP contribution in [0.15, 0.2) is 46.9 Å². The molecule has 3 aromatic rings. The number of hydrogen-bond donors (Lipinski definition) is 1. The van der Waals surface area contributed by atoms with Crippen LogP contribution in [-0.2, 0) is 4.74 Å². The van der Waals surface area contributed by atoms with Gasteiger partial charge in [0.1, 0.15) is 15.6 Å². The minimum atomic E-state index is -0.667. The van der Waals surface area contributed by atoms with Gasteiger partial charge in [-0.1, -0.05) is 39.7 Å². The standard InChI is InChI=1S/C20H14BrClN2O5S/c1-10-16(11-3-6-13(21)7-4-11)17(20(26)29-2)19(30-10)23-18(25)12-5-8-14(22)15(9-12)24(27)28/h3-9H,1-2H3,(H,23,25). The molecule has 0 saturated heterocycles. The average molecular weight is 510 g/mol. The van der Waals surface area contributed by atoms with Crippen LogP contribution in [0.2, 0.25) is 5.02 Å². The first-order chi connectivity index (χ1) is 14.2. The number of nitro benzene ring substituents is 1. The van der Waals surface area contributed by atoms with E-state index < -0.39 is 16.8 Å². The lowest BCUT2D eigenvalue weighted by atomic mass is 10.0. The number of aryl methyl sites for hydroxylation is 1. The van der Waals surface area contributed by atoms with Crippen molar-refractivity contribution >= 4 is 61.4 Å². The van der Waals surface area contributed by atoms with E-state index in [0.717, 1.165) is 21.0 Å². The van der Waals surface area contributed by atoms with Crippen molar-refractivity contribution in [1.82, 2.24) is 0 Å². The Morgan fingerprint density at radius 3 is 2.47 bits per heavy atom. The van der Waals surface area contributed by atoms with Crippen LogP contribution in [0.25, 0.3) is 11.1 Å². The van der Waals surface area contributed by atoms with Gasteiger partial charge in [-0.3, -0.25) is 14.9 Å². The summed E-state index contributed by atoms with van der Waals surface area (Å²) in [5, 5.41) is 14.0. The normalized spacial score (nSPS) is 10.5. The van der Waals surface area contributed by atoms with Gasteiger partial charge < -0.3 is 10.1 Å². The molecule has 1 heterocycles. The number of carbonyl (C=O) groups excluding carboxylic acids is 2. The zero-order chi connectivity index (χ0) is 22.0. The quantitative estimate of drug-likeness (QED) is 0.255. The number of hydrogen-bond acceptors (Lipinski definition) is 6. The van der Waals surface area contributed by atoms with Crippen molar-refractivity contribution in [1.29, 1.82) is 0 Å². The van der Waals surface area contributed by atoms with Gasteiger partial charge in [0, 0.05) is 26.5 Å². The number of nitrogens with one attached hydrogen (secondary N) is 1. The van der Waals surface area contributed by atoms with Crippen LogP contribution in [0.4, 0.5) is 10.7 Å². The molecule has 0 spiro atoms. The van der Waals surface area contributed by atoms with Gasteiger partial charge in [0.15, 0.2) is 0 Å². The van der Waals surface area contributed by atoms with Gasteiger partial charge in [-0.15, -0.1) is 11.3 Å². The van der Waals surface area contributed by atoms with E-state index in [1.165, 1.54) is 30.6 Å². The SMILES string of the molecule is COC(=O)c1c(NC(=O)c2ccc(Cl)c([N+](=O)[O-])c2)sc(C)c1-c1ccc(Br)cc1. The third-order valence-corrected chi connectivity index (χ3v) is 6.11. The number of esters is 1. The highest BCUT2D eigenvalue weighted by atomic mass is 79.9. The lowest BCUT2D eigenvalue weighted by Crippen LogP contribution is -2.14. The number of benzene rings is 2. The summed E-state index contributed by atoms with van der Waals surface area (Å²) in [5.74, 6) is -1.21. The zero-order valence-electron chi connectivity index (χ0n) is 15.7. The number of ether oxygens (including phenoxy) is 1. The molecule has 7 nitrogen and oxygen atoms in total. The first kappa shape index (κ1) is 21.9. The Kier molecular flexibility index (Phi) is 6.55. The number of thiophene rings is 1. The van der Waals surface area contributed by atoms with E-state index in [2.05, 4.69) is 21.2 Å². The van der Waals surface area contributed by atoms with Gasteiger partial charge in [-0.2, -0.15) is 0 Å². The van der Waals surface area contributed by atoms with Crippen LogP contribution in [0.1, 0.15) is 25.6 Å². The molecule has 0 fully saturated rings. The first-order valence-electron chi connectivity index (χ1n) is 8.45.